The van der Waals surface area contributed by atoms with E-state index in [1.807, 2.05) is 11.8 Å². The summed E-state index contributed by atoms with van der Waals surface area (Å²) in [6.07, 6.45) is 8.34. The summed E-state index contributed by atoms with van der Waals surface area (Å²) in [6, 6.07) is 0. The predicted octanol–water partition coefficient (Wildman–Crippen LogP) is 3.18. The minimum Gasteiger partial charge on any atom is -0.299 e. The van der Waals surface area contributed by atoms with Crippen LogP contribution < -0.4 is 0 Å². The Balaban J connectivity index is 1.85. The third-order valence-corrected chi connectivity index (χ3v) is 4.81. The van der Waals surface area contributed by atoms with Crippen LogP contribution >= 0.6 is 11.8 Å². The molecule has 4 heteroatoms. The zero-order valence-corrected chi connectivity index (χ0v) is 13.4. The van der Waals surface area contributed by atoms with Crippen molar-refractivity contribution >= 4 is 11.8 Å². The van der Waals surface area contributed by atoms with E-state index < -0.39 is 0 Å². The van der Waals surface area contributed by atoms with Gasteiger partial charge in [0.05, 0.1) is 5.69 Å². The van der Waals surface area contributed by atoms with E-state index in [-0.39, 0.29) is 0 Å². The summed E-state index contributed by atoms with van der Waals surface area (Å²) in [5.74, 6) is 2.27. The SMILES string of the molecule is CCCn1cc(CN2CCC(CSC)CC2)c(C)n1. The Labute approximate surface area is 121 Å². The average molecular weight is 281 g/mol. The van der Waals surface area contributed by atoms with Crippen molar-refractivity contribution in [2.24, 2.45) is 5.92 Å². The molecule has 108 valence electrons. The smallest absolute Gasteiger partial charge is 0.0638 e. The van der Waals surface area contributed by atoms with Crippen LogP contribution in [0.1, 0.15) is 37.4 Å². The van der Waals surface area contributed by atoms with Crippen LogP contribution in [0.4, 0.5) is 0 Å². The Hall–Kier alpha value is -0.480. The Kier molecular flexibility index (Phi) is 5.76. The summed E-state index contributed by atoms with van der Waals surface area (Å²) in [5.41, 5.74) is 2.62. The first-order valence-electron chi connectivity index (χ1n) is 7.47. The first-order chi connectivity index (χ1) is 9.22. The van der Waals surface area contributed by atoms with Crippen molar-refractivity contribution in [1.29, 1.82) is 0 Å². The minimum atomic E-state index is 0.940. The lowest BCUT2D eigenvalue weighted by molar-refractivity contribution is 0.187. The molecule has 0 spiro atoms. The third-order valence-electron chi connectivity index (χ3n) is 4.00. The lowest BCUT2D eigenvalue weighted by Gasteiger charge is -2.31. The van der Waals surface area contributed by atoms with Gasteiger partial charge in [-0.25, -0.2) is 0 Å². The van der Waals surface area contributed by atoms with Crippen LogP contribution in [-0.2, 0) is 13.1 Å². The maximum Gasteiger partial charge on any atom is 0.0638 e. The van der Waals surface area contributed by atoms with E-state index >= 15 is 0 Å². The van der Waals surface area contributed by atoms with Gasteiger partial charge in [0, 0.05) is 24.8 Å². The maximum atomic E-state index is 4.60. The molecule has 0 saturated carbocycles. The van der Waals surface area contributed by atoms with Gasteiger partial charge in [-0.15, -0.1) is 0 Å². The van der Waals surface area contributed by atoms with E-state index in [1.165, 1.54) is 42.9 Å². The van der Waals surface area contributed by atoms with Crippen molar-refractivity contribution < 1.29 is 0 Å². The summed E-state index contributed by atoms with van der Waals surface area (Å²) in [7, 11) is 0. The van der Waals surface area contributed by atoms with Crippen molar-refractivity contribution in [2.75, 3.05) is 25.1 Å². The highest BCUT2D eigenvalue weighted by molar-refractivity contribution is 7.98. The van der Waals surface area contributed by atoms with E-state index in [0.717, 1.165) is 25.4 Å². The molecule has 0 unspecified atom stereocenters. The van der Waals surface area contributed by atoms with Gasteiger partial charge in [0.25, 0.3) is 0 Å². The van der Waals surface area contributed by atoms with Crippen molar-refractivity contribution in [3.05, 3.63) is 17.5 Å². The van der Waals surface area contributed by atoms with Crippen LogP contribution in [0.5, 0.6) is 0 Å². The van der Waals surface area contributed by atoms with Crippen LogP contribution in [0, 0.1) is 12.8 Å². The number of hydrogen-bond acceptors (Lipinski definition) is 3. The first kappa shape index (κ1) is 14.9. The van der Waals surface area contributed by atoms with Crippen LogP contribution in [0.3, 0.4) is 0 Å². The molecule has 1 aliphatic heterocycles. The molecule has 0 amide bonds. The highest BCUT2D eigenvalue weighted by Crippen LogP contribution is 2.22. The number of rotatable bonds is 6. The van der Waals surface area contributed by atoms with Crippen LogP contribution in [0.25, 0.3) is 0 Å². The molecule has 1 fully saturated rings. The normalized spacial score (nSPS) is 18.1. The highest BCUT2D eigenvalue weighted by atomic mass is 32.2. The maximum absolute atomic E-state index is 4.60. The number of aromatic nitrogens is 2. The summed E-state index contributed by atoms with van der Waals surface area (Å²) in [4.78, 5) is 2.59. The molecule has 0 aromatic carbocycles. The molecule has 0 aliphatic carbocycles. The molecule has 1 aromatic rings. The van der Waals surface area contributed by atoms with Crippen molar-refractivity contribution in [3.63, 3.8) is 0 Å². The fourth-order valence-corrected chi connectivity index (χ4v) is 3.65. The van der Waals surface area contributed by atoms with E-state index in [4.69, 9.17) is 0 Å². The summed E-state index contributed by atoms with van der Waals surface area (Å²) < 4.78 is 2.10. The molecule has 19 heavy (non-hydrogen) atoms. The summed E-state index contributed by atoms with van der Waals surface area (Å²) in [6.45, 7) is 8.97. The number of piperidine rings is 1. The predicted molar refractivity (Wildman–Crippen MR) is 83.6 cm³/mol. The Morgan fingerprint density at radius 1 is 1.37 bits per heavy atom. The largest absolute Gasteiger partial charge is 0.299 e. The second kappa shape index (κ2) is 7.34. The van der Waals surface area contributed by atoms with Gasteiger partial charge in [-0.05, 0) is 57.2 Å². The van der Waals surface area contributed by atoms with Gasteiger partial charge in [-0.2, -0.15) is 16.9 Å². The molecule has 1 aromatic heterocycles. The fraction of sp³-hybridized carbons (Fsp3) is 0.800. The Morgan fingerprint density at radius 3 is 2.74 bits per heavy atom. The third kappa shape index (κ3) is 4.25. The van der Waals surface area contributed by atoms with E-state index in [1.54, 1.807) is 0 Å². The van der Waals surface area contributed by atoms with Gasteiger partial charge in [-0.3, -0.25) is 9.58 Å². The summed E-state index contributed by atoms with van der Waals surface area (Å²) >= 11 is 1.99. The molecule has 0 bridgehead atoms. The van der Waals surface area contributed by atoms with Gasteiger partial charge in [-0.1, -0.05) is 6.92 Å². The summed E-state index contributed by atoms with van der Waals surface area (Å²) in [5, 5.41) is 4.60. The zero-order chi connectivity index (χ0) is 13.7. The number of aryl methyl sites for hydroxylation is 2. The van der Waals surface area contributed by atoms with Crippen molar-refractivity contribution in [1.82, 2.24) is 14.7 Å². The molecular weight excluding hydrogens is 254 g/mol. The Bertz CT molecular complexity index is 381. The topological polar surface area (TPSA) is 21.1 Å². The highest BCUT2D eigenvalue weighted by Gasteiger charge is 2.19. The van der Waals surface area contributed by atoms with Gasteiger partial charge in [0.2, 0.25) is 0 Å². The lowest BCUT2D eigenvalue weighted by Crippen LogP contribution is -2.34. The molecule has 1 aliphatic rings. The van der Waals surface area contributed by atoms with E-state index in [9.17, 15) is 0 Å². The lowest BCUT2D eigenvalue weighted by atomic mass is 9.98. The van der Waals surface area contributed by atoms with Crippen molar-refractivity contribution in [3.8, 4) is 0 Å². The second-order valence-corrected chi connectivity index (χ2v) is 6.59. The van der Waals surface area contributed by atoms with Crippen LogP contribution in [0.15, 0.2) is 6.20 Å². The molecule has 0 radical (unpaired) electrons. The molecule has 0 N–H and O–H groups in total. The minimum absolute atomic E-state index is 0.940. The average Bonchev–Trinajstić information content (AvgIpc) is 2.73. The molecule has 3 nitrogen and oxygen atoms in total. The fourth-order valence-electron chi connectivity index (χ4n) is 2.85. The number of likely N-dealkylation sites (tertiary alicyclic amines) is 1. The van der Waals surface area contributed by atoms with Crippen LogP contribution in [-0.4, -0.2) is 39.8 Å². The second-order valence-electron chi connectivity index (χ2n) is 5.68. The van der Waals surface area contributed by atoms with Gasteiger partial charge < -0.3 is 0 Å². The number of nitrogens with zero attached hydrogens (tertiary/aromatic N) is 3. The molecule has 0 atom stereocenters. The van der Waals surface area contributed by atoms with Gasteiger partial charge >= 0.3 is 0 Å². The standard InChI is InChI=1S/C15H27N3S/c1-4-7-18-11-15(13(2)16-18)10-17-8-5-14(6-9-17)12-19-3/h11,14H,4-10,12H2,1-3H3. The monoisotopic (exact) mass is 281 g/mol. The molecule has 2 heterocycles. The molecular formula is C15H27N3S. The number of hydrogen-bond donors (Lipinski definition) is 0. The van der Waals surface area contributed by atoms with Gasteiger partial charge in [0.15, 0.2) is 0 Å². The van der Waals surface area contributed by atoms with Crippen LogP contribution in [0.2, 0.25) is 0 Å². The number of thioether (sulfide) groups is 1. The van der Waals surface area contributed by atoms with E-state index in [2.05, 4.69) is 41.0 Å². The Morgan fingerprint density at radius 2 is 2.11 bits per heavy atom. The van der Waals surface area contributed by atoms with Crippen molar-refractivity contribution in [2.45, 2.75) is 46.2 Å². The van der Waals surface area contributed by atoms with Gasteiger partial charge in [0.1, 0.15) is 0 Å². The quantitative estimate of drug-likeness (QED) is 0.799. The van der Waals surface area contributed by atoms with E-state index in [0.29, 0.717) is 0 Å². The first-order valence-corrected chi connectivity index (χ1v) is 8.86. The molecule has 2 rings (SSSR count). The zero-order valence-electron chi connectivity index (χ0n) is 12.6. The molecule has 1 saturated heterocycles.